The van der Waals surface area contributed by atoms with Crippen molar-refractivity contribution >= 4 is 28.2 Å². The summed E-state index contributed by atoms with van der Waals surface area (Å²) in [5, 5.41) is 5.17. The number of likely N-dealkylation sites (N-methyl/N-ethyl adjacent to an activating group) is 1. The average Bonchev–Trinajstić information content (AvgIpc) is 2.78. The second-order valence-electron chi connectivity index (χ2n) is 7.87. The Morgan fingerprint density at radius 3 is 2.80 bits per heavy atom. The molecule has 0 bridgehead atoms. The van der Waals surface area contributed by atoms with Crippen LogP contribution in [0, 0.1) is 0 Å². The summed E-state index contributed by atoms with van der Waals surface area (Å²) in [6, 6.07) is 17.2. The van der Waals surface area contributed by atoms with Crippen molar-refractivity contribution in [2.75, 3.05) is 52.2 Å². The minimum atomic E-state index is 0.444. The van der Waals surface area contributed by atoms with E-state index in [0.717, 1.165) is 61.5 Å². The second-order valence-corrected chi connectivity index (χ2v) is 8.28. The predicted molar refractivity (Wildman–Crippen MR) is 125 cm³/mol. The lowest BCUT2D eigenvalue weighted by Gasteiger charge is -2.40. The highest BCUT2D eigenvalue weighted by molar-refractivity contribution is 6.34. The highest BCUT2D eigenvalue weighted by atomic mass is 35.5. The van der Waals surface area contributed by atoms with Crippen LogP contribution in [0.25, 0.3) is 10.9 Å². The molecule has 4 rings (SSSR count). The van der Waals surface area contributed by atoms with Crippen LogP contribution in [0.1, 0.15) is 18.0 Å². The first-order valence-corrected chi connectivity index (χ1v) is 10.9. The van der Waals surface area contributed by atoms with Gasteiger partial charge in [-0.1, -0.05) is 41.9 Å². The van der Waals surface area contributed by atoms with Crippen LogP contribution in [0.3, 0.4) is 0 Å². The zero-order chi connectivity index (χ0) is 20.9. The Kier molecular flexibility index (Phi) is 6.72. The van der Waals surface area contributed by atoms with E-state index in [1.807, 2.05) is 18.2 Å². The fraction of sp³-hybridized carbons (Fsp3) is 0.375. The fourth-order valence-corrected chi connectivity index (χ4v) is 4.38. The number of pyridine rings is 1. The third kappa shape index (κ3) is 4.69. The third-order valence-corrected chi connectivity index (χ3v) is 6.12. The SMILES string of the molecule is COc1ccc2ncc(Cl)c(NCCCN3CCN(C)CC3c3ccccc3)c2c1. The van der Waals surface area contributed by atoms with E-state index in [0.29, 0.717) is 11.1 Å². The van der Waals surface area contributed by atoms with Crippen LogP contribution >= 0.6 is 11.6 Å². The molecule has 158 valence electrons. The number of hydrogen-bond acceptors (Lipinski definition) is 5. The van der Waals surface area contributed by atoms with Gasteiger partial charge in [0.05, 0.1) is 23.3 Å². The number of halogens is 1. The summed E-state index contributed by atoms with van der Waals surface area (Å²) in [5.74, 6) is 0.803. The monoisotopic (exact) mass is 424 g/mol. The Hall–Kier alpha value is -2.34. The van der Waals surface area contributed by atoms with Crippen LogP contribution in [0.2, 0.25) is 5.02 Å². The summed E-state index contributed by atoms with van der Waals surface area (Å²) >= 11 is 6.46. The summed E-state index contributed by atoms with van der Waals surface area (Å²) < 4.78 is 5.38. The first kappa shape index (κ1) is 20.9. The lowest BCUT2D eigenvalue weighted by Crippen LogP contribution is -2.47. The Bertz CT molecular complexity index is 982. The van der Waals surface area contributed by atoms with Gasteiger partial charge in [-0.15, -0.1) is 0 Å². The van der Waals surface area contributed by atoms with E-state index in [2.05, 4.69) is 57.5 Å². The highest BCUT2D eigenvalue weighted by Crippen LogP contribution is 2.32. The van der Waals surface area contributed by atoms with E-state index in [1.165, 1.54) is 5.56 Å². The molecular weight excluding hydrogens is 396 g/mol. The quantitative estimate of drug-likeness (QED) is 0.557. The maximum Gasteiger partial charge on any atom is 0.119 e. The van der Waals surface area contributed by atoms with Gasteiger partial charge >= 0.3 is 0 Å². The van der Waals surface area contributed by atoms with E-state index in [1.54, 1.807) is 13.3 Å². The molecule has 1 N–H and O–H groups in total. The minimum absolute atomic E-state index is 0.444. The number of hydrogen-bond donors (Lipinski definition) is 1. The number of methoxy groups -OCH3 is 1. The standard InChI is InChI=1S/C24H29ClN4O/c1-28-13-14-29(23(17-28)18-7-4-3-5-8-18)12-6-11-26-24-20-15-19(30-2)9-10-22(20)27-16-21(24)25/h3-5,7-10,15-16,23H,6,11-14,17H2,1-2H3,(H,26,27). The molecule has 6 heteroatoms. The van der Waals surface area contributed by atoms with Crippen molar-refractivity contribution in [2.24, 2.45) is 0 Å². The van der Waals surface area contributed by atoms with Crippen molar-refractivity contribution in [1.82, 2.24) is 14.8 Å². The van der Waals surface area contributed by atoms with Gasteiger partial charge in [0.15, 0.2) is 0 Å². The van der Waals surface area contributed by atoms with Gasteiger partial charge < -0.3 is 15.0 Å². The molecule has 0 spiro atoms. The number of nitrogens with one attached hydrogen (secondary N) is 1. The van der Waals surface area contributed by atoms with Gasteiger partial charge in [-0.25, -0.2) is 0 Å². The first-order valence-electron chi connectivity index (χ1n) is 10.5. The van der Waals surface area contributed by atoms with Crippen LogP contribution in [0.15, 0.2) is 54.7 Å². The molecule has 1 aliphatic rings. The molecule has 1 saturated heterocycles. The lowest BCUT2D eigenvalue weighted by atomic mass is 10.0. The van der Waals surface area contributed by atoms with Gasteiger partial charge in [-0.2, -0.15) is 0 Å². The molecule has 0 amide bonds. The summed E-state index contributed by atoms with van der Waals surface area (Å²) in [6.07, 6.45) is 2.75. The van der Waals surface area contributed by atoms with Crippen molar-refractivity contribution in [3.05, 3.63) is 65.3 Å². The number of fused-ring (bicyclic) bond motifs is 1. The molecule has 1 atom stereocenters. The van der Waals surface area contributed by atoms with Gasteiger partial charge in [0.1, 0.15) is 5.75 Å². The van der Waals surface area contributed by atoms with Crippen molar-refractivity contribution < 1.29 is 4.74 Å². The molecule has 1 fully saturated rings. The summed E-state index contributed by atoms with van der Waals surface area (Å²) in [7, 11) is 3.88. The van der Waals surface area contributed by atoms with E-state index in [9.17, 15) is 0 Å². The molecular formula is C24H29ClN4O. The fourth-order valence-electron chi connectivity index (χ4n) is 4.17. The van der Waals surface area contributed by atoms with Crippen molar-refractivity contribution in [2.45, 2.75) is 12.5 Å². The second kappa shape index (κ2) is 9.65. The Morgan fingerprint density at radius 2 is 2.00 bits per heavy atom. The Morgan fingerprint density at radius 1 is 1.17 bits per heavy atom. The normalized spacial score (nSPS) is 17.9. The number of anilines is 1. The molecule has 3 aromatic rings. The molecule has 0 aliphatic carbocycles. The van der Waals surface area contributed by atoms with Crippen molar-refractivity contribution in [1.29, 1.82) is 0 Å². The molecule has 0 radical (unpaired) electrons. The molecule has 30 heavy (non-hydrogen) atoms. The molecule has 2 heterocycles. The molecule has 1 aliphatic heterocycles. The number of aromatic nitrogens is 1. The van der Waals surface area contributed by atoms with Crippen molar-refractivity contribution in [3.8, 4) is 5.75 Å². The topological polar surface area (TPSA) is 40.6 Å². The largest absolute Gasteiger partial charge is 0.497 e. The summed E-state index contributed by atoms with van der Waals surface area (Å²) in [4.78, 5) is 9.45. The maximum atomic E-state index is 6.46. The molecule has 2 aromatic carbocycles. The Labute approximate surface area is 183 Å². The lowest BCUT2D eigenvalue weighted by molar-refractivity contribution is 0.0897. The molecule has 1 unspecified atom stereocenters. The Balaban J connectivity index is 1.41. The average molecular weight is 425 g/mol. The van der Waals surface area contributed by atoms with Crippen LogP contribution in [0.5, 0.6) is 5.75 Å². The number of rotatable bonds is 7. The molecule has 0 saturated carbocycles. The van der Waals surface area contributed by atoms with Gasteiger partial charge in [-0.3, -0.25) is 9.88 Å². The van der Waals surface area contributed by atoms with Gasteiger partial charge in [0.25, 0.3) is 0 Å². The van der Waals surface area contributed by atoms with E-state index >= 15 is 0 Å². The van der Waals surface area contributed by atoms with E-state index < -0.39 is 0 Å². The number of nitrogens with zero attached hydrogens (tertiary/aromatic N) is 3. The predicted octanol–water partition coefficient (Wildman–Crippen LogP) is 4.69. The van der Waals surface area contributed by atoms with Crippen LogP contribution in [-0.4, -0.2) is 61.7 Å². The van der Waals surface area contributed by atoms with Crippen molar-refractivity contribution in [3.63, 3.8) is 0 Å². The zero-order valence-corrected chi connectivity index (χ0v) is 18.4. The van der Waals surface area contributed by atoms with Crippen LogP contribution in [0.4, 0.5) is 5.69 Å². The van der Waals surface area contributed by atoms with Crippen LogP contribution < -0.4 is 10.1 Å². The number of ether oxygens (including phenoxy) is 1. The van der Waals surface area contributed by atoms with E-state index in [-0.39, 0.29) is 0 Å². The van der Waals surface area contributed by atoms with Gasteiger partial charge in [0, 0.05) is 50.3 Å². The smallest absolute Gasteiger partial charge is 0.119 e. The summed E-state index contributed by atoms with van der Waals surface area (Å²) in [5.41, 5.74) is 3.23. The van der Waals surface area contributed by atoms with Crippen LogP contribution in [-0.2, 0) is 0 Å². The minimum Gasteiger partial charge on any atom is -0.497 e. The maximum absolute atomic E-state index is 6.46. The van der Waals surface area contributed by atoms with E-state index in [4.69, 9.17) is 16.3 Å². The number of benzene rings is 2. The molecule has 1 aromatic heterocycles. The first-order chi connectivity index (χ1) is 14.7. The highest BCUT2D eigenvalue weighted by Gasteiger charge is 2.25. The zero-order valence-electron chi connectivity index (χ0n) is 17.6. The third-order valence-electron chi connectivity index (χ3n) is 5.83. The molecule has 5 nitrogen and oxygen atoms in total. The van der Waals surface area contributed by atoms with Gasteiger partial charge in [-0.05, 0) is 37.2 Å². The van der Waals surface area contributed by atoms with Gasteiger partial charge in [0.2, 0.25) is 0 Å². The summed E-state index contributed by atoms with van der Waals surface area (Å²) in [6.45, 7) is 5.16. The number of piperazine rings is 1.